The third-order valence-corrected chi connectivity index (χ3v) is 7.51. The summed E-state index contributed by atoms with van der Waals surface area (Å²) in [6.45, 7) is 11.9. The van der Waals surface area contributed by atoms with Gasteiger partial charge in [0.05, 0.1) is 30.5 Å². The van der Waals surface area contributed by atoms with Gasteiger partial charge in [0, 0.05) is 5.56 Å². The van der Waals surface area contributed by atoms with Crippen LogP contribution in [0.3, 0.4) is 0 Å². The van der Waals surface area contributed by atoms with Crippen LogP contribution in [0.1, 0.15) is 58.4 Å². The summed E-state index contributed by atoms with van der Waals surface area (Å²) in [7, 11) is 0. The SMILES string of the molecule is C=CCOc1ccc(C2/C(=C(/O)c3ccc(OCCC)c(C)c3)C(=O)C(=O)N2c2nc(C)c(C(=O)OCC)s2)cc1. The number of nitrogens with zero attached hydrogens (tertiary/aromatic N) is 2. The predicted octanol–water partition coefficient (Wildman–Crippen LogP) is 5.92. The van der Waals surface area contributed by atoms with Gasteiger partial charge in [-0.1, -0.05) is 43.0 Å². The van der Waals surface area contributed by atoms with Crippen LogP contribution in [0, 0.1) is 13.8 Å². The number of thiazole rings is 1. The van der Waals surface area contributed by atoms with Crippen molar-refractivity contribution in [2.45, 2.75) is 40.2 Å². The van der Waals surface area contributed by atoms with Crippen LogP contribution < -0.4 is 14.4 Å². The Bertz CT molecular complexity index is 1510. The maximum Gasteiger partial charge on any atom is 0.350 e. The molecule has 2 heterocycles. The van der Waals surface area contributed by atoms with Crippen molar-refractivity contribution in [3.8, 4) is 11.5 Å². The van der Waals surface area contributed by atoms with Gasteiger partial charge in [-0.2, -0.15) is 0 Å². The number of rotatable bonds is 11. The predicted molar refractivity (Wildman–Crippen MR) is 157 cm³/mol. The maximum absolute atomic E-state index is 13.5. The van der Waals surface area contributed by atoms with E-state index >= 15 is 0 Å². The number of amides is 1. The Hall–Kier alpha value is -4.44. The van der Waals surface area contributed by atoms with Crippen LogP contribution in [0.2, 0.25) is 0 Å². The van der Waals surface area contributed by atoms with E-state index in [1.165, 1.54) is 4.90 Å². The number of aromatic nitrogens is 1. The van der Waals surface area contributed by atoms with E-state index < -0.39 is 23.7 Å². The first-order chi connectivity index (χ1) is 19.7. The van der Waals surface area contributed by atoms with Crippen molar-refractivity contribution >= 4 is 39.9 Å². The number of hydrogen-bond donors (Lipinski definition) is 1. The molecule has 1 saturated heterocycles. The quantitative estimate of drug-likeness (QED) is 0.0984. The fraction of sp³-hybridized carbons (Fsp3) is 0.290. The highest BCUT2D eigenvalue weighted by Crippen LogP contribution is 2.44. The zero-order valence-electron chi connectivity index (χ0n) is 23.4. The number of carbonyl (C=O) groups excluding carboxylic acids is 3. The molecular formula is C31H32N2O7S. The number of aliphatic hydroxyl groups excluding tert-OH is 1. The number of anilines is 1. The van der Waals surface area contributed by atoms with Gasteiger partial charge in [-0.15, -0.1) is 0 Å². The average Bonchev–Trinajstić information content (AvgIpc) is 3.47. The molecule has 1 aliphatic rings. The smallest absolute Gasteiger partial charge is 0.350 e. The monoisotopic (exact) mass is 576 g/mol. The Kier molecular flexibility index (Phi) is 9.24. The molecule has 10 heteroatoms. The molecule has 9 nitrogen and oxygen atoms in total. The Morgan fingerprint density at radius 1 is 1.12 bits per heavy atom. The van der Waals surface area contributed by atoms with E-state index in [-0.39, 0.29) is 27.9 Å². The van der Waals surface area contributed by atoms with Gasteiger partial charge in [0.15, 0.2) is 5.13 Å². The summed E-state index contributed by atoms with van der Waals surface area (Å²) in [6, 6.07) is 10.9. The summed E-state index contributed by atoms with van der Waals surface area (Å²) in [5, 5.41) is 11.6. The summed E-state index contributed by atoms with van der Waals surface area (Å²) in [5.41, 5.74) is 1.95. The zero-order chi connectivity index (χ0) is 29.7. The van der Waals surface area contributed by atoms with Gasteiger partial charge < -0.3 is 19.3 Å². The van der Waals surface area contributed by atoms with E-state index in [9.17, 15) is 19.5 Å². The standard InChI is InChI=1S/C31H32N2O7S/c1-6-15-39-22-12-9-20(10-13-22)25-24(26(34)21-11-14-23(18(4)17-21)40-16-7-2)27(35)29(36)33(25)31-32-19(5)28(41-31)30(37)38-8-3/h6,9-14,17,25,34H,1,7-8,15-16H2,2-5H3/b26-24-. The molecule has 1 atom stereocenters. The van der Waals surface area contributed by atoms with E-state index in [0.29, 0.717) is 41.5 Å². The molecule has 3 aromatic rings. The summed E-state index contributed by atoms with van der Waals surface area (Å²) in [4.78, 5) is 45.5. The first kappa shape index (κ1) is 29.5. The molecule has 0 saturated carbocycles. The van der Waals surface area contributed by atoms with Crippen LogP contribution in [-0.4, -0.2) is 47.6 Å². The van der Waals surface area contributed by atoms with Gasteiger partial charge in [-0.3, -0.25) is 14.5 Å². The molecule has 0 radical (unpaired) electrons. The van der Waals surface area contributed by atoms with Gasteiger partial charge in [0.2, 0.25) is 0 Å². The third kappa shape index (κ3) is 6.02. The summed E-state index contributed by atoms with van der Waals surface area (Å²) < 4.78 is 16.5. The number of aliphatic hydroxyl groups is 1. The number of esters is 1. The molecule has 1 aromatic heterocycles. The van der Waals surface area contributed by atoms with Crippen molar-refractivity contribution in [1.29, 1.82) is 0 Å². The first-order valence-corrected chi connectivity index (χ1v) is 14.1. The largest absolute Gasteiger partial charge is 0.507 e. The highest BCUT2D eigenvalue weighted by atomic mass is 32.1. The molecule has 0 bridgehead atoms. The number of ether oxygens (including phenoxy) is 3. The summed E-state index contributed by atoms with van der Waals surface area (Å²) in [6.07, 6.45) is 2.46. The summed E-state index contributed by atoms with van der Waals surface area (Å²) in [5.74, 6) is -1.39. The molecule has 4 rings (SSSR count). The molecule has 41 heavy (non-hydrogen) atoms. The Balaban J connectivity index is 1.85. The van der Waals surface area contributed by atoms with Gasteiger partial charge in [0.1, 0.15) is 28.7 Å². The Morgan fingerprint density at radius 2 is 1.85 bits per heavy atom. The zero-order valence-corrected chi connectivity index (χ0v) is 24.2. The van der Waals surface area contributed by atoms with Crippen molar-refractivity contribution < 1.29 is 33.7 Å². The van der Waals surface area contributed by atoms with Crippen molar-refractivity contribution in [3.05, 3.63) is 88.0 Å². The lowest BCUT2D eigenvalue weighted by molar-refractivity contribution is -0.132. The van der Waals surface area contributed by atoms with E-state index in [1.54, 1.807) is 62.4 Å². The van der Waals surface area contributed by atoms with Crippen LogP contribution >= 0.6 is 11.3 Å². The first-order valence-electron chi connectivity index (χ1n) is 13.2. The second kappa shape index (κ2) is 12.8. The number of hydrogen-bond acceptors (Lipinski definition) is 9. The molecular weight excluding hydrogens is 544 g/mol. The molecule has 1 unspecified atom stereocenters. The number of aryl methyl sites for hydroxylation is 2. The topological polar surface area (TPSA) is 115 Å². The Labute approximate surface area is 242 Å². The number of carbonyl (C=O) groups is 3. The molecule has 0 spiro atoms. The highest BCUT2D eigenvalue weighted by Gasteiger charge is 2.48. The average molecular weight is 577 g/mol. The van der Waals surface area contributed by atoms with Gasteiger partial charge in [-0.05, 0) is 68.7 Å². The minimum atomic E-state index is -1.01. The molecule has 1 aliphatic heterocycles. The van der Waals surface area contributed by atoms with E-state index in [4.69, 9.17) is 14.2 Å². The summed E-state index contributed by atoms with van der Waals surface area (Å²) >= 11 is 0.956. The molecule has 2 aromatic carbocycles. The lowest BCUT2D eigenvalue weighted by Crippen LogP contribution is -2.29. The van der Waals surface area contributed by atoms with Crippen LogP contribution in [0.15, 0.2) is 60.7 Å². The fourth-order valence-corrected chi connectivity index (χ4v) is 5.43. The van der Waals surface area contributed by atoms with Gasteiger partial charge >= 0.3 is 11.9 Å². The van der Waals surface area contributed by atoms with Crippen LogP contribution in [0.25, 0.3) is 5.76 Å². The molecule has 1 fully saturated rings. The lowest BCUT2D eigenvalue weighted by Gasteiger charge is -2.23. The second-order valence-corrected chi connectivity index (χ2v) is 10.3. The lowest BCUT2D eigenvalue weighted by atomic mass is 9.95. The van der Waals surface area contributed by atoms with Crippen LogP contribution in [0.5, 0.6) is 11.5 Å². The minimum Gasteiger partial charge on any atom is -0.507 e. The van der Waals surface area contributed by atoms with E-state index in [0.717, 1.165) is 23.3 Å². The van der Waals surface area contributed by atoms with Crippen LogP contribution in [-0.2, 0) is 14.3 Å². The molecule has 0 aliphatic carbocycles. The minimum absolute atomic E-state index is 0.0954. The fourth-order valence-electron chi connectivity index (χ4n) is 4.44. The number of ketones is 1. The third-order valence-electron chi connectivity index (χ3n) is 6.37. The Morgan fingerprint density at radius 3 is 2.49 bits per heavy atom. The molecule has 1 amide bonds. The van der Waals surface area contributed by atoms with Gasteiger partial charge in [0.25, 0.3) is 5.78 Å². The van der Waals surface area contributed by atoms with Crippen molar-refractivity contribution in [2.24, 2.45) is 0 Å². The van der Waals surface area contributed by atoms with Crippen molar-refractivity contribution in [3.63, 3.8) is 0 Å². The number of benzene rings is 2. The van der Waals surface area contributed by atoms with E-state index in [1.807, 2.05) is 13.8 Å². The highest BCUT2D eigenvalue weighted by molar-refractivity contribution is 7.17. The number of Topliss-reactive ketones (excluding diaryl/α,β-unsaturated/α-hetero) is 1. The van der Waals surface area contributed by atoms with Crippen molar-refractivity contribution in [2.75, 3.05) is 24.7 Å². The van der Waals surface area contributed by atoms with Crippen molar-refractivity contribution in [1.82, 2.24) is 4.98 Å². The van der Waals surface area contributed by atoms with Crippen LogP contribution in [0.4, 0.5) is 5.13 Å². The van der Waals surface area contributed by atoms with Gasteiger partial charge in [-0.25, -0.2) is 9.78 Å². The normalized spacial score (nSPS) is 16.1. The molecule has 1 N–H and O–H groups in total. The maximum atomic E-state index is 13.5. The molecule has 214 valence electrons. The van der Waals surface area contributed by atoms with E-state index in [2.05, 4.69) is 11.6 Å². The second-order valence-electron chi connectivity index (χ2n) is 9.30.